The number of nitrogens with two attached hydrogens (primary N) is 1. The van der Waals surface area contributed by atoms with Crippen LogP contribution >= 0.6 is 12.2 Å². The molecule has 1 aromatic heterocycles. The van der Waals surface area contributed by atoms with Gasteiger partial charge in [0.05, 0.1) is 12.7 Å². The number of pyridine rings is 1. The zero-order chi connectivity index (χ0) is 13.7. The van der Waals surface area contributed by atoms with Crippen LogP contribution in [0.2, 0.25) is 0 Å². The fourth-order valence-corrected chi connectivity index (χ4v) is 1.73. The minimum Gasteiger partial charge on any atom is -0.489 e. The normalized spacial score (nSPS) is 9.95. The standard InChI is InChI=1S/C14H14N2O2S/c1-17-14-11(3-2-8-16-14)9-18-12-6-4-10(5-7-12)13(15)19/h2-8H,9H2,1H3,(H2,15,19). The van der Waals surface area contributed by atoms with Gasteiger partial charge < -0.3 is 15.2 Å². The molecule has 0 saturated carbocycles. The first-order valence-corrected chi connectivity index (χ1v) is 6.12. The van der Waals surface area contributed by atoms with Crippen LogP contribution in [0, 0.1) is 0 Å². The van der Waals surface area contributed by atoms with Crippen molar-refractivity contribution < 1.29 is 9.47 Å². The van der Waals surface area contributed by atoms with E-state index in [0.717, 1.165) is 16.9 Å². The zero-order valence-electron chi connectivity index (χ0n) is 10.5. The lowest BCUT2D eigenvalue weighted by Gasteiger charge is -2.09. The SMILES string of the molecule is COc1ncccc1COc1ccc(C(N)=S)cc1. The molecule has 0 amide bonds. The molecule has 2 aromatic rings. The van der Waals surface area contributed by atoms with E-state index in [9.17, 15) is 0 Å². The Morgan fingerprint density at radius 1 is 1.26 bits per heavy atom. The molecule has 0 aliphatic rings. The molecule has 2 N–H and O–H groups in total. The second-order valence-electron chi connectivity index (χ2n) is 3.85. The van der Waals surface area contributed by atoms with Crippen molar-refractivity contribution in [3.8, 4) is 11.6 Å². The third-order valence-corrected chi connectivity index (χ3v) is 2.81. The Morgan fingerprint density at radius 2 is 2.00 bits per heavy atom. The fraction of sp³-hybridized carbons (Fsp3) is 0.143. The number of methoxy groups -OCH3 is 1. The second kappa shape index (κ2) is 6.15. The summed E-state index contributed by atoms with van der Waals surface area (Å²) in [6.45, 7) is 0.392. The first-order chi connectivity index (χ1) is 9.20. The summed E-state index contributed by atoms with van der Waals surface area (Å²) in [6, 6.07) is 11.1. The molecule has 5 heteroatoms. The monoisotopic (exact) mass is 274 g/mol. The number of hydrogen-bond acceptors (Lipinski definition) is 4. The highest BCUT2D eigenvalue weighted by Gasteiger charge is 2.04. The Morgan fingerprint density at radius 3 is 2.63 bits per heavy atom. The molecular weight excluding hydrogens is 260 g/mol. The molecule has 1 heterocycles. The van der Waals surface area contributed by atoms with E-state index in [1.165, 1.54) is 0 Å². The minimum absolute atomic E-state index is 0.375. The van der Waals surface area contributed by atoms with E-state index in [0.29, 0.717) is 17.5 Å². The Balaban J connectivity index is 2.04. The maximum Gasteiger partial charge on any atom is 0.219 e. The van der Waals surface area contributed by atoms with Crippen molar-refractivity contribution in [1.82, 2.24) is 4.98 Å². The summed E-state index contributed by atoms with van der Waals surface area (Å²) < 4.78 is 10.8. The van der Waals surface area contributed by atoms with Crippen molar-refractivity contribution in [2.75, 3.05) is 7.11 Å². The summed E-state index contributed by atoms with van der Waals surface area (Å²) in [4.78, 5) is 4.49. The fourth-order valence-electron chi connectivity index (χ4n) is 1.59. The van der Waals surface area contributed by atoms with Crippen LogP contribution < -0.4 is 15.2 Å². The number of thiocarbonyl (C=S) groups is 1. The number of hydrogen-bond donors (Lipinski definition) is 1. The molecule has 1 aromatic carbocycles. The molecule has 0 fully saturated rings. The van der Waals surface area contributed by atoms with Gasteiger partial charge in [0.25, 0.3) is 0 Å². The van der Waals surface area contributed by atoms with E-state index >= 15 is 0 Å². The summed E-state index contributed by atoms with van der Waals surface area (Å²) in [6.07, 6.45) is 1.68. The molecule has 98 valence electrons. The second-order valence-corrected chi connectivity index (χ2v) is 4.29. The van der Waals surface area contributed by atoms with Crippen LogP contribution in [-0.2, 0) is 6.61 Å². The molecular formula is C14H14N2O2S. The highest BCUT2D eigenvalue weighted by Crippen LogP contribution is 2.18. The van der Waals surface area contributed by atoms with Crippen LogP contribution in [0.15, 0.2) is 42.6 Å². The van der Waals surface area contributed by atoms with Crippen LogP contribution in [0.3, 0.4) is 0 Å². The smallest absolute Gasteiger partial charge is 0.219 e. The molecule has 0 atom stereocenters. The highest BCUT2D eigenvalue weighted by molar-refractivity contribution is 7.80. The third kappa shape index (κ3) is 3.42. The molecule has 0 unspecified atom stereocenters. The topological polar surface area (TPSA) is 57.4 Å². The Bertz CT molecular complexity index is 570. The molecule has 0 saturated heterocycles. The van der Waals surface area contributed by atoms with Crippen LogP contribution in [0.1, 0.15) is 11.1 Å². The number of aromatic nitrogens is 1. The van der Waals surface area contributed by atoms with Gasteiger partial charge in [0.15, 0.2) is 0 Å². The number of ether oxygens (including phenoxy) is 2. The van der Waals surface area contributed by atoms with Crippen LogP contribution in [0.25, 0.3) is 0 Å². The minimum atomic E-state index is 0.375. The molecule has 0 aliphatic carbocycles. The van der Waals surface area contributed by atoms with Gasteiger partial charge in [-0.1, -0.05) is 12.2 Å². The molecule has 2 rings (SSSR count). The maximum atomic E-state index is 5.67. The van der Waals surface area contributed by atoms with Crippen molar-refractivity contribution in [3.63, 3.8) is 0 Å². The van der Waals surface area contributed by atoms with E-state index in [2.05, 4.69) is 4.98 Å². The molecule has 19 heavy (non-hydrogen) atoms. The molecule has 0 bridgehead atoms. The Labute approximate surface area is 117 Å². The summed E-state index contributed by atoms with van der Waals surface area (Å²) in [5.41, 5.74) is 7.25. The van der Waals surface area contributed by atoms with E-state index in [1.54, 1.807) is 13.3 Å². The lowest BCUT2D eigenvalue weighted by molar-refractivity contribution is 0.294. The number of benzene rings is 1. The van der Waals surface area contributed by atoms with Gasteiger partial charge in [-0.15, -0.1) is 0 Å². The van der Waals surface area contributed by atoms with E-state index in [1.807, 2.05) is 36.4 Å². The van der Waals surface area contributed by atoms with Crippen molar-refractivity contribution in [3.05, 3.63) is 53.7 Å². The number of rotatable bonds is 5. The largest absolute Gasteiger partial charge is 0.489 e. The van der Waals surface area contributed by atoms with Crippen molar-refractivity contribution >= 4 is 17.2 Å². The van der Waals surface area contributed by atoms with Crippen LogP contribution in [-0.4, -0.2) is 17.1 Å². The molecule has 0 spiro atoms. The predicted octanol–water partition coefficient (Wildman–Crippen LogP) is 2.30. The van der Waals surface area contributed by atoms with Gasteiger partial charge in [-0.3, -0.25) is 0 Å². The average Bonchev–Trinajstić information content (AvgIpc) is 2.45. The number of nitrogens with zero attached hydrogens (tertiary/aromatic N) is 1. The van der Waals surface area contributed by atoms with Gasteiger partial charge in [0.2, 0.25) is 5.88 Å². The predicted molar refractivity (Wildman–Crippen MR) is 77.5 cm³/mol. The summed E-state index contributed by atoms with van der Waals surface area (Å²) in [5, 5.41) is 0. The van der Waals surface area contributed by atoms with Gasteiger partial charge in [0, 0.05) is 11.8 Å². The third-order valence-electron chi connectivity index (χ3n) is 2.58. The molecule has 4 nitrogen and oxygen atoms in total. The van der Waals surface area contributed by atoms with Crippen molar-refractivity contribution in [1.29, 1.82) is 0 Å². The Kier molecular flexibility index (Phi) is 4.30. The molecule has 0 aliphatic heterocycles. The lowest BCUT2D eigenvalue weighted by Crippen LogP contribution is -2.08. The zero-order valence-corrected chi connectivity index (χ0v) is 11.3. The first-order valence-electron chi connectivity index (χ1n) is 5.71. The quantitative estimate of drug-likeness (QED) is 0.848. The van der Waals surface area contributed by atoms with E-state index in [4.69, 9.17) is 27.4 Å². The van der Waals surface area contributed by atoms with Gasteiger partial charge in [-0.25, -0.2) is 4.98 Å². The van der Waals surface area contributed by atoms with Crippen molar-refractivity contribution in [2.45, 2.75) is 6.61 Å². The van der Waals surface area contributed by atoms with Crippen LogP contribution in [0.4, 0.5) is 0 Å². The van der Waals surface area contributed by atoms with E-state index in [-0.39, 0.29) is 0 Å². The highest BCUT2D eigenvalue weighted by atomic mass is 32.1. The average molecular weight is 274 g/mol. The Hall–Kier alpha value is -2.14. The van der Waals surface area contributed by atoms with Gasteiger partial charge in [-0.05, 0) is 36.4 Å². The van der Waals surface area contributed by atoms with Gasteiger partial charge >= 0.3 is 0 Å². The van der Waals surface area contributed by atoms with Crippen LogP contribution in [0.5, 0.6) is 11.6 Å². The van der Waals surface area contributed by atoms with Crippen molar-refractivity contribution in [2.24, 2.45) is 5.73 Å². The summed E-state index contributed by atoms with van der Waals surface area (Å²) >= 11 is 4.89. The van der Waals surface area contributed by atoms with E-state index < -0.39 is 0 Å². The molecule has 0 radical (unpaired) electrons. The summed E-state index contributed by atoms with van der Waals surface area (Å²) in [7, 11) is 1.59. The first kappa shape index (κ1) is 13.3. The maximum absolute atomic E-state index is 5.67. The van der Waals surface area contributed by atoms with Gasteiger partial charge in [0.1, 0.15) is 17.3 Å². The summed E-state index contributed by atoms with van der Waals surface area (Å²) in [5.74, 6) is 1.31. The lowest BCUT2D eigenvalue weighted by atomic mass is 10.2. The van der Waals surface area contributed by atoms with Gasteiger partial charge in [-0.2, -0.15) is 0 Å².